The number of carbonyl (C=O) groups is 1. The van der Waals surface area contributed by atoms with E-state index in [2.05, 4.69) is 5.32 Å². The van der Waals surface area contributed by atoms with Gasteiger partial charge in [-0.15, -0.1) is 0 Å². The molecule has 0 aliphatic carbocycles. The van der Waals surface area contributed by atoms with Crippen LogP contribution in [0.5, 0.6) is 0 Å². The molecular weight excluding hydrogens is 233 g/mol. The first-order valence-corrected chi connectivity index (χ1v) is 5.94. The van der Waals surface area contributed by atoms with Crippen LogP contribution in [-0.2, 0) is 9.53 Å². The minimum Gasteiger partial charge on any atom is -0.458 e. The minimum absolute atomic E-state index is 0.325. The first-order chi connectivity index (χ1) is 8.17. The molecule has 1 atom stereocenters. The maximum atomic E-state index is 13.2. The van der Waals surface area contributed by atoms with Crippen molar-refractivity contribution in [2.75, 3.05) is 5.32 Å². The number of esters is 1. The molecule has 1 N–H and O–H groups in total. The van der Waals surface area contributed by atoms with Crippen molar-refractivity contribution in [2.45, 2.75) is 46.3 Å². The highest BCUT2D eigenvalue weighted by atomic mass is 19.1. The quantitative estimate of drug-likeness (QED) is 0.840. The monoisotopic (exact) mass is 253 g/mol. The summed E-state index contributed by atoms with van der Waals surface area (Å²) >= 11 is 0. The lowest BCUT2D eigenvalue weighted by Crippen LogP contribution is -2.34. The second-order valence-corrected chi connectivity index (χ2v) is 5.42. The van der Waals surface area contributed by atoms with Gasteiger partial charge in [-0.2, -0.15) is 0 Å². The molecule has 1 aromatic carbocycles. The van der Waals surface area contributed by atoms with E-state index in [1.54, 1.807) is 19.9 Å². The van der Waals surface area contributed by atoms with Gasteiger partial charge >= 0.3 is 5.97 Å². The predicted octanol–water partition coefficient (Wildman–Crippen LogP) is 3.28. The summed E-state index contributed by atoms with van der Waals surface area (Å²) < 4.78 is 18.4. The Morgan fingerprint density at radius 2 is 1.94 bits per heavy atom. The third-order valence-corrected chi connectivity index (χ3v) is 2.19. The maximum absolute atomic E-state index is 13.2. The molecule has 0 aliphatic heterocycles. The van der Waals surface area contributed by atoms with E-state index >= 15 is 0 Å². The third kappa shape index (κ3) is 4.73. The van der Waals surface area contributed by atoms with Crippen LogP contribution in [0.4, 0.5) is 10.1 Å². The number of halogens is 1. The van der Waals surface area contributed by atoms with Crippen LogP contribution in [0.25, 0.3) is 0 Å². The van der Waals surface area contributed by atoms with Gasteiger partial charge in [0.2, 0.25) is 0 Å². The summed E-state index contributed by atoms with van der Waals surface area (Å²) in [6, 6.07) is 4.05. The summed E-state index contributed by atoms with van der Waals surface area (Å²) in [6.45, 7) is 8.92. The van der Waals surface area contributed by atoms with Crippen molar-refractivity contribution in [1.82, 2.24) is 0 Å². The highest BCUT2D eigenvalue weighted by Gasteiger charge is 2.21. The summed E-state index contributed by atoms with van der Waals surface area (Å²) in [5.41, 5.74) is 0.852. The van der Waals surface area contributed by atoms with Gasteiger partial charge in [-0.05, 0) is 58.4 Å². The van der Waals surface area contributed by atoms with Crippen molar-refractivity contribution in [3.63, 3.8) is 0 Å². The molecule has 1 unspecified atom stereocenters. The molecule has 0 heterocycles. The molecule has 0 aliphatic rings. The number of benzene rings is 1. The van der Waals surface area contributed by atoms with Crippen molar-refractivity contribution < 1.29 is 13.9 Å². The second kappa shape index (κ2) is 5.38. The topological polar surface area (TPSA) is 38.3 Å². The largest absolute Gasteiger partial charge is 0.458 e. The van der Waals surface area contributed by atoms with E-state index in [0.29, 0.717) is 5.69 Å². The van der Waals surface area contributed by atoms with Crippen molar-refractivity contribution in [3.8, 4) is 0 Å². The SMILES string of the molecule is Cc1cc(F)cc(NC(C)C(=O)OC(C)(C)C)c1. The van der Waals surface area contributed by atoms with Crippen LogP contribution in [0, 0.1) is 12.7 Å². The Balaban J connectivity index is 2.69. The van der Waals surface area contributed by atoms with E-state index < -0.39 is 11.6 Å². The Kier molecular flexibility index (Phi) is 4.33. The lowest BCUT2D eigenvalue weighted by molar-refractivity contribution is -0.155. The second-order valence-electron chi connectivity index (χ2n) is 5.42. The van der Waals surface area contributed by atoms with Gasteiger partial charge < -0.3 is 10.1 Å². The molecule has 4 heteroatoms. The minimum atomic E-state index is -0.523. The number of ether oxygens (including phenoxy) is 1. The molecule has 0 amide bonds. The molecule has 0 fully saturated rings. The molecule has 3 nitrogen and oxygen atoms in total. The van der Waals surface area contributed by atoms with Gasteiger partial charge in [0, 0.05) is 5.69 Å². The van der Waals surface area contributed by atoms with E-state index in [9.17, 15) is 9.18 Å². The summed E-state index contributed by atoms with van der Waals surface area (Å²) in [6.07, 6.45) is 0. The first-order valence-electron chi connectivity index (χ1n) is 5.94. The zero-order chi connectivity index (χ0) is 13.9. The molecule has 0 aromatic heterocycles. The summed E-state index contributed by atoms with van der Waals surface area (Å²) in [5, 5.41) is 2.93. The van der Waals surface area contributed by atoms with Crippen molar-refractivity contribution in [2.24, 2.45) is 0 Å². The van der Waals surface area contributed by atoms with Gasteiger partial charge in [-0.1, -0.05) is 0 Å². The third-order valence-electron chi connectivity index (χ3n) is 2.19. The standard InChI is InChI=1S/C14H20FNO2/c1-9-6-11(15)8-12(7-9)16-10(2)13(17)18-14(3,4)5/h6-8,10,16H,1-5H3. The average molecular weight is 253 g/mol. The highest BCUT2D eigenvalue weighted by molar-refractivity contribution is 5.79. The first kappa shape index (κ1) is 14.5. The Morgan fingerprint density at radius 3 is 2.44 bits per heavy atom. The van der Waals surface area contributed by atoms with Gasteiger partial charge in [0.1, 0.15) is 17.5 Å². The van der Waals surface area contributed by atoms with Crippen LogP contribution >= 0.6 is 0 Å². The maximum Gasteiger partial charge on any atom is 0.328 e. The van der Waals surface area contributed by atoms with Gasteiger partial charge in [0.05, 0.1) is 0 Å². The van der Waals surface area contributed by atoms with Crippen LogP contribution in [0.3, 0.4) is 0 Å². The Labute approximate surface area is 107 Å². The normalized spacial score (nSPS) is 13.0. The molecule has 0 spiro atoms. The number of hydrogen-bond donors (Lipinski definition) is 1. The fourth-order valence-electron chi connectivity index (χ4n) is 1.52. The molecule has 1 rings (SSSR count). The van der Waals surface area contributed by atoms with E-state index in [0.717, 1.165) is 5.56 Å². The predicted molar refractivity (Wildman–Crippen MR) is 70.1 cm³/mol. The highest BCUT2D eigenvalue weighted by Crippen LogP contribution is 2.16. The van der Waals surface area contributed by atoms with Crippen LogP contribution in [0.1, 0.15) is 33.3 Å². The number of rotatable bonds is 3. The molecule has 0 bridgehead atoms. The van der Waals surface area contributed by atoms with Crippen LogP contribution < -0.4 is 5.32 Å². The zero-order valence-corrected chi connectivity index (χ0v) is 11.5. The van der Waals surface area contributed by atoms with Crippen LogP contribution in [0.2, 0.25) is 0 Å². The van der Waals surface area contributed by atoms with E-state index in [1.165, 1.54) is 12.1 Å². The Bertz CT molecular complexity index is 418. The molecule has 1 aromatic rings. The number of aryl methyl sites for hydroxylation is 1. The number of hydrogen-bond acceptors (Lipinski definition) is 3. The summed E-state index contributed by atoms with van der Waals surface area (Å²) in [7, 11) is 0. The summed E-state index contributed by atoms with van der Waals surface area (Å²) in [4.78, 5) is 11.8. The molecule has 0 saturated heterocycles. The van der Waals surface area contributed by atoms with Gasteiger partial charge in [0.25, 0.3) is 0 Å². The van der Waals surface area contributed by atoms with Crippen LogP contribution in [-0.4, -0.2) is 17.6 Å². The van der Waals surface area contributed by atoms with E-state index in [4.69, 9.17) is 4.74 Å². The molecule has 0 saturated carbocycles. The fraction of sp³-hybridized carbons (Fsp3) is 0.500. The van der Waals surface area contributed by atoms with Crippen molar-refractivity contribution >= 4 is 11.7 Å². The number of anilines is 1. The van der Waals surface area contributed by atoms with E-state index in [1.807, 2.05) is 20.8 Å². The average Bonchev–Trinajstić information content (AvgIpc) is 2.12. The van der Waals surface area contributed by atoms with Crippen LogP contribution in [0.15, 0.2) is 18.2 Å². The zero-order valence-electron chi connectivity index (χ0n) is 11.5. The molecule has 18 heavy (non-hydrogen) atoms. The number of nitrogens with one attached hydrogen (secondary N) is 1. The van der Waals surface area contributed by atoms with Crippen molar-refractivity contribution in [3.05, 3.63) is 29.6 Å². The lowest BCUT2D eigenvalue weighted by atomic mass is 10.2. The molecular formula is C14H20FNO2. The molecule has 100 valence electrons. The van der Waals surface area contributed by atoms with Gasteiger partial charge in [-0.25, -0.2) is 9.18 Å². The summed E-state index contributed by atoms with van der Waals surface area (Å²) in [5.74, 6) is -0.682. The van der Waals surface area contributed by atoms with Gasteiger partial charge in [-0.3, -0.25) is 0 Å². The van der Waals surface area contributed by atoms with E-state index in [-0.39, 0.29) is 11.8 Å². The fourth-order valence-corrected chi connectivity index (χ4v) is 1.52. The van der Waals surface area contributed by atoms with Gasteiger partial charge in [0.15, 0.2) is 0 Å². The lowest BCUT2D eigenvalue weighted by Gasteiger charge is -2.23. The van der Waals surface area contributed by atoms with Crippen molar-refractivity contribution in [1.29, 1.82) is 0 Å². The smallest absolute Gasteiger partial charge is 0.328 e. The Morgan fingerprint density at radius 1 is 1.33 bits per heavy atom. The Hall–Kier alpha value is -1.58. The molecule has 0 radical (unpaired) electrons. The number of carbonyl (C=O) groups excluding carboxylic acids is 1.